The van der Waals surface area contributed by atoms with E-state index in [9.17, 15) is 13.2 Å². The predicted octanol–water partition coefficient (Wildman–Crippen LogP) is 3.43. The highest BCUT2D eigenvalue weighted by Crippen LogP contribution is 2.27. The van der Waals surface area contributed by atoms with Crippen molar-refractivity contribution in [2.75, 3.05) is 37.4 Å². The van der Waals surface area contributed by atoms with Crippen molar-refractivity contribution in [2.45, 2.75) is 18.7 Å². The van der Waals surface area contributed by atoms with Gasteiger partial charge in [0, 0.05) is 23.8 Å². The van der Waals surface area contributed by atoms with E-state index in [-0.39, 0.29) is 17.3 Å². The van der Waals surface area contributed by atoms with Gasteiger partial charge in [0.25, 0.3) is 0 Å². The molecule has 2 N–H and O–H groups in total. The second kappa shape index (κ2) is 9.77. The van der Waals surface area contributed by atoms with Gasteiger partial charge >= 0.3 is 0 Å². The second-order valence-corrected chi connectivity index (χ2v) is 8.23. The Labute approximate surface area is 170 Å². The lowest BCUT2D eigenvalue weighted by molar-refractivity contribution is -0.114. The maximum atomic E-state index is 12.5. The smallest absolute Gasteiger partial charge is 0.243 e. The van der Waals surface area contributed by atoms with Crippen LogP contribution >= 0.6 is 11.6 Å². The van der Waals surface area contributed by atoms with Gasteiger partial charge in [0.05, 0.1) is 24.2 Å². The molecular formula is C19H24ClN3O4S. The number of hydrogen-bond donors (Lipinski definition) is 2. The molecule has 28 heavy (non-hydrogen) atoms. The number of benzene rings is 2. The fraction of sp³-hybridized carbons (Fsp3) is 0.316. The molecule has 0 unspecified atom stereocenters. The van der Waals surface area contributed by atoms with E-state index < -0.39 is 10.0 Å². The lowest BCUT2D eigenvalue weighted by atomic mass is 10.3. The summed E-state index contributed by atoms with van der Waals surface area (Å²) in [4.78, 5) is 12.4. The largest absolute Gasteiger partial charge is 0.495 e. The molecule has 1 amide bonds. The van der Waals surface area contributed by atoms with E-state index in [1.165, 1.54) is 23.5 Å². The molecule has 0 aliphatic rings. The quantitative estimate of drug-likeness (QED) is 0.642. The van der Waals surface area contributed by atoms with E-state index in [2.05, 4.69) is 10.6 Å². The number of rotatable bonds is 9. The van der Waals surface area contributed by atoms with E-state index in [0.29, 0.717) is 35.2 Å². The van der Waals surface area contributed by atoms with Crippen LogP contribution in [-0.4, -0.2) is 45.4 Å². The summed E-state index contributed by atoms with van der Waals surface area (Å²) in [5.41, 5.74) is 1.11. The number of ether oxygens (including phenoxy) is 1. The Hall–Kier alpha value is -2.29. The van der Waals surface area contributed by atoms with Crippen LogP contribution in [-0.2, 0) is 14.8 Å². The molecule has 2 aromatic carbocycles. The van der Waals surface area contributed by atoms with Crippen LogP contribution in [0.2, 0.25) is 5.02 Å². The normalized spacial score (nSPS) is 11.3. The molecule has 0 heterocycles. The summed E-state index contributed by atoms with van der Waals surface area (Å²) in [7, 11) is -1.99. The van der Waals surface area contributed by atoms with Gasteiger partial charge in [-0.25, -0.2) is 8.42 Å². The fourth-order valence-electron chi connectivity index (χ4n) is 2.62. The van der Waals surface area contributed by atoms with E-state index in [1.54, 1.807) is 44.2 Å². The van der Waals surface area contributed by atoms with Crippen molar-refractivity contribution in [1.29, 1.82) is 0 Å². The first-order valence-corrected chi connectivity index (χ1v) is 10.6. The number of sulfonamides is 1. The van der Waals surface area contributed by atoms with Gasteiger partial charge in [0.1, 0.15) is 5.75 Å². The Morgan fingerprint density at radius 3 is 2.32 bits per heavy atom. The molecule has 0 aliphatic carbocycles. The standard InChI is InChI=1S/C19H24ClN3O4S/c1-4-23(5-2)28(25,26)16-9-7-15(8-10-16)22-19(24)13-21-17-12-14(20)6-11-18(17)27-3/h6-12,21H,4-5,13H2,1-3H3,(H,22,24). The molecule has 2 aromatic rings. The minimum Gasteiger partial charge on any atom is -0.495 e. The highest BCUT2D eigenvalue weighted by Gasteiger charge is 2.21. The maximum Gasteiger partial charge on any atom is 0.243 e. The second-order valence-electron chi connectivity index (χ2n) is 5.86. The van der Waals surface area contributed by atoms with E-state index in [1.807, 2.05) is 0 Å². The van der Waals surface area contributed by atoms with Crippen molar-refractivity contribution < 1.29 is 17.9 Å². The van der Waals surface area contributed by atoms with Crippen molar-refractivity contribution >= 4 is 38.9 Å². The Morgan fingerprint density at radius 1 is 1.11 bits per heavy atom. The Bertz CT molecular complexity index is 913. The van der Waals surface area contributed by atoms with Gasteiger partial charge in [-0.05, 0) is 42.5 Å². The van der Waals surface area contributed by atoms with Crippen molar-refractivity contribution in [2.24, 2.45) is 0 Å². The Balaban J connectivity index is 2.01. The minimum atomic E-state index is -3.52. The third kappa shape index (κ3) is 5.37. The SMILES string of the molecule is CCN(CC)S(=O)(=O)c1ccc(NC(=O)CNc2cc(Cl)ccc2OC)cc1. The number of anilines is 2. The first-order valence-electron chi connectivity index (χ1n) is 8.79. The van der Waals surface area contributed by atoms with Gasteiger partial charge in [-0.1, -0.05) is 25.4 Å². The molecule has 0 bridgehead atoms. The molecule has 0 spiro atoms. The summed E-state index contributed by atoms with van der Waals surface area (Å²) in [5, 5.41) is 6.21. The monoisotopic (exact) mass is 425 g/mol. The molecule has 0 saturated carbocycles. The zero-order chi connectivity index (χ0) is 20.7. The number of nitrogens with zero attached hydrogens (tertiary/aromatic N) is 1. The van der Waals surface area contributed by atoms with Gasteiger partial charge in [-0.2, -0.15) is 4.31 Å². The number of amides is 1. The molecule has 0 atom stereocenters. The lowest BCUT2D eigenvalue weighted by Gasteiger charge is -2.18. The highest BCUT2D eigenvalue weighted by atomic mass is 35.5. The number of hydrogen-bond acceptors (Lipinski definition) is 5. The summed E-state index contributed by atoms with van der Waals surface area (Å²) < 4.78 is 31.6. The topological polar surface area (TPSA) is 87.7 Å². The fourth-order valence-corrected chi connectivity index (χ4v) is 4.25. The first kappa shape index (κ1) is 22.0. The van der Waals surface area contributed by atoms with Gasteiger partial charge in [0.2, 0.25) is 15.9 Å². The van der Waals surface area contributed by atoms with Crippen LogP contribution in [0.4, 0.5) is 11.4 Å². The number of carbonyl (C=O) groups is 1. The molecule has 0 fully saturated rings. The third-order valence-electron chi connectivity index (χ3n) is 4.08. The number of nitrogens with one attached hydrogen (secondary N) is 2. The average molecular weight is 426 g/mol. The molecule has 7 nitrogen and oxygen atoms in total. The molecule has 0 saturated heterocycles. The molecule has 0 aromatic heterocycles. The summed E-state index contributed by atoms with van der Waals surface area (Å²) in [6, 6.07) is 11.2. The molecule has 152 valence electrons. The number of methoxy groups -OCH3 is 1. The average Bonchev–Trinajstić information content (AvgIpc) is 2.67. The minimum absolute atomic E-state index is 0.00377. The van der Waals surface area contributed by atoms with Gasteiger partial charge in [-0.15, -0.1) is 0 Å². The summed E-state index contributed by atoms with van der Waals surface area (Å²) >= 11 is 5.96. The van der Waals surface area contributed by atoms with Crippen LogP contribution in [0, 0.1) is 0 Å². The molecule has 0 aliphatic heterocycles. The van der Waals surface area contributed by atoms with Gasteiger partial charge in [-0.3, -0.25) is 4.79 Å². The van der Waals surface area contributed by atoms with Crippen LogP contribution in [0.15, 0.2) is 47.4 Å². The highest BCUT2D eigenvalue weighted by molar-refractivity contribution is 7.89. The van der Waals surface area contributed by atoms with Crippen LogP contribution < -0.4 is 15.4 Å². The molecule has 9 heteroatoms. The summed E-state index contributed by atoms with van der Waals surface area (Å²) in [6.07, 6.45) is 0. The molecular weight excluding hydrogens is 402 g/mol. The lowest BCUT2D eigenvalue weighted by Crippen LogP contribution is -2.30. The number of halogens is 1. The first-order chi connectivity index (χ1) is 13.3. The van der Waals surface area contributed by atoms with E-state index >= 15 is 0 Å². The van der Waals surface area contributed by atoms with Gasteiger partial charge in [0.15, 0.2) is 0 Å². The van der Waals surface area contributed by atoms with Crippen molar-refractivity contribution in [3.63, 3.8) is 0 Å². The predicted molar refractivity (Wildman–Crippen MR) is 112 cm³/mol. The van der Waals surface area contributed by atoms with Crippen molar-refractivity contribution in [3.8, 4) is 5.75 Å². The van der Waals surface area contributed by atoms with E-state index in [4.69, 9.17) is 16.3 Å². The zero-order valence-electron chi connectivity index (χ0n) is 16.0. The van der Waals surface area contributed by atoms with Gasteiger partial charge < -0.3 is 15.4 Å². The van der Waals surface area contributed by atoms with E-state index in [0.717, 1.165) is 0 Å². The van der Waals surface area contributed by atoms with Crippen molar-refractivity contribution in [3.05, 3.63) is 47.5 Å². The van der Waals surface area contributed by atoms with Crippen LogP contribution in [0.1, 0.15) is 13.8 Å². The zero-order valence-corrected chi connectivity index (χ0v) is 17.6. The summed E-state index contributed by atoms with van der Waals surface area (Å²) in [6.45, 7) is 4.37. The molecule has 2 rings (SSSR count). The van der Waals surface area contributed by atoms with Crippen LogP contribution in [0.3, 0.4) is 0 Å². The maximum absolute atomic E-state index is 12.5. The molecule has 0 radical (unpaired) electrons. The number of carbonyl (C=O) groups excluding carboxylic acids is 1. The van der Waals surface area contributed by atoms with Crippen LogP contribution in [0.25, 0.3) is 0 Å². The van der Waals surface area contributed by atoms with Crippen molar-refractivity contribution in [1.82, 2.24) is 4.31 Å². The summed E-state index contributed by atoms with van der Waals surface area (Å²) in [5.74, 6) is 0.282. The Morgan fingerprint density at radius 2 is 1.75 bits per heavy atom. The van der Waals surface area contributed by atoms with Crippen LogP contribution in [0.5, 0.6) is 5.75 Å². The third-order valence-corrected chi connectivity index (χ3v) is 6.38. The Kier molecular flexibility index (Phi) is 7.68.